The quantitative estimate of drug-likeness (QED) is 0.862. The van der Waals surface area contributed by atoms with Gasteiger partial charge >= 0.3 is 0 Å². The molecule has 0 saturated heterocycles. The predicted molar refractivity (Wildman–Crippen MR) is 84.5 cm³/mol. The van der Waals surface area contributed by atoms with E-state index in [-0.39, 0.29) is 31.1 Å². The van der Waals surface area contributed by atoms with E-state index < -0.39 is 0 Å². The van der Waals surface area contributed by atoms with Crippen LogP contribution in [0, 0.1) is 0 Å². The molecule has 1 aromatic carbocycles. The van der Waals surface area contributed by atoms with Gasteiger partial charge < -0.3 is 10.0 Å². The molecule has 112 valence electrons. The molecule has 5 heteroatoms. The molecule has 0 radical (unpaired) electrons. The summed E-state index contributed by atoms with van der Waals surface area (Å²) in [5.41, 5.74) is 0.990. The molecule has 0 aromatic heterocycles. The van der Waals surface area contributed by atoms with Crippen LogP contribution in [0.25, 0.3) is 0 Å². The first kappa shape index (κ1) is 17.1. The van der Waals surface area contributed by atoms with Gasteiger partial charge in [-0.05, 0) is 38.6 Å². The predicted octanol–water partition coefficient (Wildman–Crippen LogP) is 2.28. The molecule has 0 spiro atoms. The molecule has 1 aromatic rings. The second-order valence-electron chi connectivity index (χ2n) is 5.27. The molecule has 0 heterocycles. The second-order valence-corrected chi connectivity index (χ2v) is 6.18. The zero-order valence-electron chi connectivity index (χ0n) is 12.5. The van der Waals surface area contributed by atoms with Crippen LogP contribution in [-0.2, 0) is 4.79 Å². The van der Waals surface area contributed by atoms with E-state index in [2.05, 4.69) is 15.9 Å². The van der Waals surface area contributed by atoms with E-state index in [0.717, 1.165) is 10.0 Å². The fourth-order valence-corrected chi connectivity index (χ4v) is 2.35. The first-order chi connectivity index (χ1) is 9.36. The third-order valence-corrected chi connectivity index (χ3v) is 3.98. The molecule has 1 rings (SSSR count). The lowest BCUT2D eigenvalue weighted by atomic mass is 10.1. The highest BCUT2D eigenvalue weighted by Crippen LogP contribution is 2.22. The smallest absolute Gasteiger partial charge is 0.236 e. The van der Waals surface area contributed by atoms with Crippen molar-refractivity contribution in [2.75, 3.05) is 27.2 Å². The minimum Gasteiger partial charge on any atom is -0.394 e. The topological polar surface area (TPSA) is 43.8 Å². The first-order valence-corrected chi connectivity index (χ1v) is 7.48. The van der Waals surface area contributed by atoms with Crippen LogP contribution in [-0.4, -0.2) is 54.1 Å². The number of carbonyl (C=O) groups excluding carboxylic acids is 1. The Hall–Kier alpha value is -0.910. The van der Waals surface area contributed by atoms with Gasteiger partial charge in [-0.1, -0.05) is 28.1 Å². The van der Waals surface area contributed by atoms with Gasteiger partial charge in [0.15, 0.2) is 0 Å². The van der Waals surface area contributed by atoms with E-state index in [0.29, 0.717) is 0 Å². The third kappa shape index (κ3) is 4.58. The fraction of sp³-hybridized carbons (Fsp3) is 0.533. The maximum atomic E-state index is 12.1. The number of aliphatic hydroxyl groups excluding tert-OH is 1. The lowest BCUT2D eigenvalue weighted by Crippen LogP contribution is -2.41. The highest BCUT2D eigenvalue weighted by Gasteiger charge is 2.21. The summed E-state index contributed by atoms with van der Waals surface area (Å²) < 4.78 is 0.965. The highest BCUT2D eigenvalue weighted by molar-refractivity contribution is 9.10. The van der Waals surface area contributed by atoms with Crippen molar-refractivity contribution in [3.8, 4) is 0 Å². The molecule has 0 aliphatic rings. The standard InChI is InChI=1S/C15H23BrN2O2/c1-11(2)18(4)15(20)9-17(3)14(10-19)12-6-5-7-13(16)8-12/h5-8,11,14,19H,9-10H2,1-4H3. The average Bonchev–Trinajstić information content (AvgIpc) is 2.38. The van der Waals surface area contributed by atoms with Crippen molar-refractivity contribution in [1.82, 2.24) is 9.80 Å². The summed E-state index contributed by atoms with van der Waals surface area (Å²) in [4.78, 5) is 15.7. The molecule has 0 aliphatic carbocycles. The number of rotatable bonds is 6. The zero-order valence-corrected chi connectivity index (χ0v) is 14.1. The van der Waals surface area contributed by atoms with Crippen molar-refractivity contribution < 1.29 is 9.90 Å². The minimum absolute atomic E-state index is 0.0222. The Labute approximate surface area is 129 Å². The number of nitrogens with zero attached hydrogens (tertiary/aromatic N) is 2. The van der Waals surface area contributed by atoms with Crippen LogP contribution >= 0.6 is 15.9 Å². The zero-order chi connectivity index (χ0) is 15.3. The number of likely N-dealkylation sites (N-methyl/N-ethyl adjacent to an activating group) is 2. The Balaban J connectivity index is 2.78. The van der Waals surface area contributed by atoms with E-state index in [1.807, 2.05) is 50.1 Å². The Morgan fingerprint density at radius 3 is 2.50 bits per heavy atom. The Kier molecular flexibility index (Phi) is 6.65. The monoisotopic (exact) mass is 342 g/mol. The van der Waals surface area contributed by atoms with Crippen molar-refractivity contribution in [1.29, 1.82) is 0 Å². The summed E-state index contributed by atoms with van der Waals surface area (Å²) in [6, 6.07) is 7.78. The van der Waals surface area contributed by atoms with Crippen molar-refractivity contribution in [2.24, 2.45) is 0 Å². The van der Waals surface area contributed by atoms with Gasteiger partial charge in [-0.15, -0.1) is 0 Å². The number of hydrogen-bond acceptors (Lipinski definition) is 3. The van der Waals surface area contributed by atoms with Crippen LogP contribution in [0.2, 0.25) is 0 Å². The Bertz CT molecular complexity index is 451. The molecule has 1 unspecified atom stereocenters. The molecule has 1 amide bonds. The van der Waals surface area contributed by atoms with E-state index in [1.54, 1.807) is 11.9 Å². The molecule has 1 N–H and O–H groups in total. The number of aliphatic hydroxyl groups is 1. The summed E-state index contributed by atoms with van der Waals surface area (Å²) in [6.45, 7) is 4.23. The maximum absolute atomic E-state index is 12.1. The van der Waals surface area contributed by atoms with Crippen molar-refractivity contribution in [3.63, 3.8) is 0 Å². The van der Waals surface area contributed by atoms with Crippen LogP contribution in [0.1, 0.15) is 25.5 Å². The summed E-state index contributed by atoms with van der Waals surface area (Å²) in [5, 5.41) is 9.62. The molecular weight excluding hydrogens is 320 g/mol. The van der Waals surface area contributed by atoms with E-state index >= 15 is 0 Å². The fourth-order valence-electron chi connectivity index (χ4n) is 1.94. The number of halogens is 1. The van der Waals surface area contributed by atoms with Crippen LogP contribution in [0.15, 0.2) is 28.7 Å². The lowest BCUT2D eigenvalue weighted by molar-refractivity contribution is -0.133. The molecule has 1 atom stereocenters. The number of benzene rings is 1. The summed E-state index contributed by atoms with van der Waals surface area (Å²) in [6.07, 6.45) is 0. The molecule has 0 bridgehead atoms. The first-order valence-electron chi connectivity index (χ1n) is 6.69. The van der Waals surface area contributed by atoms with Gasteiger partial charge in [-0.3, -0.25) is 9.69 Å². The SMILES string of the molecule is CC(C)N(C)C(=O)CN(C)C(CO)c1cccc(Br)c1. The molecule has 0 aliphatic heterocycles. The summed E-state index contributed by atoms with van der Waals surface area (Å²) in [5.74, 6) is 0.0518. The molecular formula is C15H23BrN2O2. The van der Waals surface area contributed by atoms with Gasteiger partial charge in [0.1, 0.15) is 0 Å². The molecule has 0 fully saturated rings. The lowest BCUT2D eigenvalue weighted by Gasteiger charge is -2.29. The maximum Gasteiger partial charge on any atom is 0.236 e. The van der Waals surface area contributed by atoms with Crippen LogP contribution in [0.5, 0.6) is 0 Å². The van der Waals surface area contributed by atoms with Gasteiger partial charge in [0.25, 0.3) is 0 Å². The second kappa shape index (κ2) is 7.76. The van der Waals surface area contributed by atoms with Gasteiger partial charge in [-0.2, -0.15) is 0 Å². The van der Waals surface area contributed by atoms with E-state index in [1.165, 1.54) is 0 Å². The minimum atomic E-state index is -0.183. The van der Waals surface area contributed by atoms with Gasteiger partial charge in [0.2, 0.25) is 5.91 Å². The van der Waals surface area contributed by atoms with Crippen molar-refractivity contribution in [3.05, 3.63) is 34.3 Å². The average molecular weight is 343 g/mol. The largest absolute Gasteiger partial charge is 0.394 e. The molecule has 4 nitrogen and oxygen atoms in total. The van der Waals surface area contributed by atoms with Crippen LogP contribution < -0.4 is 0 Å². The Morgan fingerprint density at radius 1 is 1.35 bits per heavy atom. The van der Waals surface area contributed by atoms with E-state index in [4.69, 9.17) is 0 Å². The molecule has 0 saturated carbocycles. The van der Waals surface area contributed by atoms with Crippen molar-refractivity contribution >= 4 is 21.8 Å². The van der Waals surface area contributed by atoms with Gasteiger partial charge in [0.05, 0.1) is 19.2 Å². The Morgan fingerprint density at radius 2 is 2.00 bits per heavy atom. The number of hydrogen-bond donors (Lipinski definition) is 1. The normalized spacial score (nSPS) is 12.8. The van der Waals surface area contributed by atoms with Gasteiger partial charge in [0, 0.05) is 17.6 Å². The van der Waals surface area contributed by atoms with Crippen LogP contribution in [0.3, 0.4) is 0 Å². The number of amides is 1. The van der Waals surface area contributed by atoms with Crippen molar-refractivity contribution in [2.45, 2.75) is 25.9 Å². The summed E-state index contributed by atoms with van der Waals surface area (Å²) in [7, 11) is 3.65. The van der Waals surface area contributed by atoms with E-state index in [9.17, 15) is 9.90 Å². The van der Waals surface area contributed by atoms with Gasteiger partial charge in [-0.25, -0.2) is 0 Å². The molecule has 20 heavy (non-hydrogen) atoms. The van der Waals surface area contributed by atoms with Crippen LogP contribution in [0.4, 0.5) is 0 Å². The summed E-state index contributed by atoms with van der Waals surface area (Å²) >= 11 is 3.43. The third-order valence-electron chi connectivity index (χ3n) is 3.49. The number of carbonyl (C=O) groups is 1. The highest BCUT2D eigenvalue weighted by atomic mass is 79.9.